The second-order valence-corrected chi connectivity index (χ2v) is 9.65. The second-order valence-electron chi connectivity index (χ2n) is 8.74. The molecule has 1 aliphatic heterocycles. The maximum absolute atomic E-state index is 11.7. The molecule has 1 unspecified atom stereocenters. The Hall–Kier alpha value is -3.39. The highest BCUT2D eigenvalue weighted by molar-refractivity contribution is 7.79. The number of hydrogen-bond donors (Lipinski definition) is 0. The third-order valence-electron chi connectivity index (χ3n) is 6.60. The average Bonchev–Trinajstić information content (AvgIpc) is 3.53. The minimum atomic E-state index is -2.30. The third-order valence-corrected chi connectivity index (χ3v) is 7.32. The lowest BCUT2D eigenvalue weighted by molar-refractivity contribution is 0.331. The van der Waals surface area contributed by atoms with Crippen LogP contribution in [-0.2, 0) is 17.6 Å². The van der Waals surface area contributed by atoms with E-state index >= 15 is 0 Å². The average molecular weight is 468 g/mol. The van der Waals surface area contributed by atoms with E-state index in [4.69, 9.17) is 4.98 Å². The number of likely N-dealkylation sites (tertiary alicyclic amines) is 1. The highest BCUT2D eigenvalue weighted by Gasteiger charge is 2.15. The lowest BCUT2D eigenvalue weighted by Gasteiger charge is -2.14. The van der Waals surface area contributed by atoms with Crippen molar-refractivity contribution >= 4 is 27.5 Å². The fourth-order valence-corrected chi connectivity index (χ4v) is 5.40. The Morgan fingerprint density at radius 1 is 0.853 bits per heavy atom. The predicted molar refractivity (Wildman–Crippen MR) is 133 cm³/mol. The minimum absolute atomic E-state index is 0.291. The van der Waals surface area contributed by atoms with Gasteiger partial charge in [0.25, 0.3) is 0 Å². The van der Waals surface area contributed by atoms with Crippen molar-refractivity contribution in [1.82, 2.24) is 19.5 Å². The molecule has 0 amide bonds. The zero-order valence-electron chi connectivity index (χ0n) is 18.6. The van der Waals surface area contributed by atoms with Crippen molar-refractivity contribution in [3.05, 3.63) is 84.8 Å². The maximum atomic E-state index is 11.7. The van der Waals surface area contributed by atoms with Crippen LogP contribution in [0.3, 0.4) is 0 Å². The minimum Gasteiger partial charge on any atom is -0.768 e. The van der Waals surface area contributed by atoms with Crippen LogP contribution >= 0.6 is 0 Å². The summed E-state index contributed by atoms with van der Waals surface area (Å²) in [6.45, 7) is 3.39. The van der Waals surface area contributed by atoms with Crippen LogP contribution < -0.4 is 0 Å². The zero-order chi connectivity index (χ0) is 23.1. The largest absolute Gasteiger partial charge is 0.768 e. The standard InChI is InChI=1S/C27H24N4O2S/c32-34(33)26-12-11-23(22-5-1-2-6-24(22)26)25-16-29-31-18-21(15-28-27(25)31)20-9-7-19(8-10-20)17-30-13-3-4-14-30/h1-2,5-12,15-16,18H,3-4,13-14,17H2,(H,32,33)/p-1. The van der Waals surface area contributed by atoms with Crippen LogP contribution in [0.4, 0.5) is 0 Å². The van der Waals surface area contributed by atoms with Gasteiger partial charge in [0, 0.05) is 35.0 Å². The molecule has 170 valence electrons. The lowest BCUT2D eigenvalue weighted by atomic mass is 10.00. The van der Waals surface area contributed by atoms with Gasteiger partial charge in [-0.3, -0.25) is 9.11 Å². The van der Waals surface area contributed by atoms with Gasteiger partial charge in [0.1, 0.15) is 0 Å². The van der Waals surface area contributed by atoms with Crippen molar-refractivity contribution in [2.75, 3.05) is 13.1 Å². The summed E-state index contributed by atoms with van der Waals surface area (Å²) in [4.78, 5) is 7.52. The van der Waals surface area contributed by atoms with Gasteiger partial charge in [0.2, 0.25) is 0 Å². The molecule has 3 heterocycles. The van der Waals surface area contributed by atoms with E-state index in [9.17, 15) is 8.76 Å². The van der Waals surface area contributed by atoms with Crippen LogP contribution in [0.15, 0.2) is 84.1 Å². The van der Waals surface area contributed by atoms with Gasteiger partial charge in [0.15, 0.2) is 5.65 Å². The van der Waals surface area contributed by atoms with Crippen LogP contribution in [0.1, 0.15) is 18.4 Å². The van der Waals surface area contributed by atoms with Crippen LogP contribution in [0.2, 0.25) is 0 Å². The molecule has 7 heteroatoms. The first kappa shape index (κ1) is 21.2. The highest BCUT2D eigenvalue weighted by atomic mass is 32.2. The van der Waals surface area contributed by atoms with Crippen molar-refractivity contribution in [3.63, 3.8) is 0 Å². The second kappa shape index (κ2) is 8.76. The van der Waals surface area contributed by atoms with E-state index in [2.05, 4.69) is 34.3 Å². The molecule has 0 spiro atoms. The molecule has 6 nitrogen and oxygen atoms in total. The van der Waals surface area contributed by atoms with Crippen molar-refractivity contribution in [3.8, 4) is 22.3 Å². The summed E-state index contributed by atoms with van der Waals surface area (Å²) in [6.07, 6.45) is 8.26. The zero-order valence-corrected chi connectivity index (χ0v) is 19.4. The Balaban J connectivity index is 1.35. The maximum Gasteiger partial charge on any atom is 0.162 e. The first-order valence-electron chi connectivity index (χ1n) is 11.4. The quantitative estimate of drug-likeness (QED) is 0.338. The molecule has 6 rings (SSSR count). The van der Waals surface area contributed by atoms with Crippen molar-refractivity contribution < 1.29 is 8.76 Å². The summed E-state index contributed by atoms with van der Waals surface area (Å²) in [5.41, 5.74) is 5.94. The number of benzene rings is 3. The normalized spacial score (nSPS) is 15.3. The Morgan fingerprint density at radius 2 is 1.62 bits per heavy atom. The molecule has 0 N–H and O–H groups in total. The van der Waals surface area contributed by atoms with E-state index < -0.39 is 11.1 Å². The Labute approximate surface area is 200 Å². The molecule has 0 aliphatic carbocycles. The number of rotatable bonds is 5. The monoisotopic (exact) mass is 467 g/mol. The van der Waals surface area contributed by atoms with Gasteiger partial charge >= 0.3 is 0 Å². The van der Waals surface area contributed by atoms with Crippen molar-refractivity contribution in [2.45, 2.75) is 24.3 Å². The van der Waals surface area contributed by atoms with Gasteiger partial charge < -0.3 is 4.55 Å². The molecule has 1 aliphatic rings. The first-order valence-corrected chi connectivity index (χ1v) is 12.5. The fraction of sp³-hybridized carbons (Fsp3) is 0.185. The molecule has 3 aromatic carbocycles. The summed E-state index contributed by atoms with van der Waals surface area (Å²) >= 11 is -2.30. The van der Waals surface area contributed by atoms with Gasteiger partial charge in [-0.1, -0.05) is 54.6 Å². The van der Waals surface area contributed by atoms with Crippen LogP contribution in [-0.4, -0.2) is 41.3 Å². The summed E-state index contributed by atoms with van der Waals surface area (Å²) in [6, 6.07) is 19.7. The van der Waals surface area contributed by atoms with Crippen LogP contribution in [0, 0.1) is 0 Å². The van der Waals surface area contributed by atoms with Crippen molar-refractivity contribution in [2.24, 2.45) is 0 Å². The molecule has 0 bridgehead atoms. The van der Waals surface area contributed by atoms with Gasteiger partial charge in [0.05, 0.1) is 6.20 Å². The summed E-state index contributed by atoms with van der Waals surface area (Å²) in [7, 11) is 0. The van der Waals surface area contributed by atoms with Gasteiger partial charge in [-0.25, -0.2) is 9.50 Å². The molecule has 34 heavy (non-hydrogen) atoms. The molecule has 1 fully saturated rings. The van der Waals surface area contributed by atoms with E-state index in [1.807, 2.05) is 42.7 Å². The van der Waals surface area contributed by atoms with Crippen LogP contribution in [0.5, 0.6) is 0 Å². The SMILES string of the molecule is O=S([O-])c1ccc(-c2cnn3cc(-c4ccc(CN5CCCC5)cc4)cnc23)c2ccccc12. The molecule has 0 radical (unpaired) electrons. The summed E-state index contributed by atoms with van der Waals surface area (Å²) < 4.78 is 25.1. The van der Waals surface area contributed by atoms with E-state index in [-0.39, 0.29) is 0 Å². The Kier molecular flexibility index (Phi) is 5.45. The number of fused-ring (bicyclic) bond motifs is 2. The number of hydrogen-bond acceptors (Lipinski definition) is 5. The topological polar surface area (TPSA) is 73.6 Å². The molecule has 5 aromatic rings. The van der Waals surface area contributed by atoms with Gasteiger partial charge in [-0.2, -0.15) is 5.10 Å². The Morgan fingerprint density at radius 3 is 2.38 bits per heavy atom. The number of nitrogens with zero attached hydrogens (tertiary/aromatic N) is 4. The summed E-state index contributed by atoms with van der Waals surface area (Å²) in [5, 5.41) is 6.11. The number of aromatic nitrogens is 3. The predicted octanol–water partition coefficient (Wildman–Crippen LogP) is 5.05. The van der Waals surface area contributed by atoms with Crippen LogP contribution in [0.25, 0.3) is 38.7 Å². The highest BCUT2D eigenvalue weighted by Crippen LogP contribution is 2.34. The summed E-state index contributed by atoms with van der Waals surface area (Å²) in [5.74, 6) is 0. The smallest absolute Gasteiger partial charge is 0.162 e. The first-order chi connectivity index (χ1) is 16.7. The molecule has 0 saturated carbocycles. The molecule has 2 aromatic heterocycles. The molecular formula is C27H23N4O2S-. The third kappa shape index (κ3) is 3.81. The van der Waals surface area contributed by atoms with Gasteiger partial charge in [-0.05, 0) is 70.5 Å². The molecule has 1 atom stereocenters. The van der Waals surface area contributed by atoms with Gasteiger partial charge in [-0.15, -0.1) is 0 Å². The Bertz CT molecular complexity index is 1520. The van der Waals surface area contributed by atoms with E-state index in [1.54, 1.807) is 16.8 Å². The molecule has 1 saturated heterocycles. The molecular weight excluding hydrogens is 444 g/mol. The van der Waals surface area contributed by atoms with E-state index in [0.717, 1.165) is 39.8 Å². The van der Waals surface area contributed by atoms with E-state index in [0.29, 0.717) is 10.3 Å². The van der Waals surface area contributed by atoms with E-state index in [1.165, 1.54) is 31.5 Å². The lowest BCUT2D eigenvalue weighted by Crippen LogP contribution is -2.18. The fourth-order valence-electron chi connectivity index (χ4n) is 4.87. The van der Waals surface area contributed by atoms with Crippen molar-refractivity contribution in [1.29, 1.82) is 0 Å².